The molecule has 0 aliphatic carbocycles. The number of hydrogen-bond acceptors (Lipinski definition) is 2. The number of benzene rings is 1. The van der Waals surface area contributed by atoms with Crippen LogP contribution in [0.15, 0.2) is 30.3 Å². The van der Waals surface area contributed by atoms with Crippen LogP contribution in [0.1, 0.15) is 51.0 Å². The Morgan fingerprint density at radius 2 is 1.30 bits per heavy atom. The summed E-state index contributed by atoms with van der Waals surface area (Å²) in [6.45, 7) is 5.78. The van der Waals surface area contributed by atoms with Crippen LogP contribution in [0, 0.1) is 0 Å². The second-order valence-corrected chi connectivity index (χ2v) is 5.23. The van der Waals surface area contributed by atoms with E-state index in [1.807, 2.05) is 0 Å². The van der Waals surface area contributed by atoms with Crippen molar-refractivity contribution >= 4 is 0 Å². The van der Waals surface area contributed by atoms with Crippen LogP contribution in [0.2, 0.25) is 0 Å². The van der Waals surface area contributed by atoms with Gasteiger partial charge in [-0.2, -0.15) is 0 Å². The molecule has 1 aromatic carbocycles. The van der Waals surface area contributed by atoms with E-state index in [0.717, 1.165) is 32.8 Å². The molecular weight excluding hydrogens is 248 g/mol. The summed E-state index contributed by atoms with van der Waals surface area (Å²) in [4.78, 5) is 0. The van der Waals surface area contributed by atoms with E-state index in [2.05, 4.69) is 37.3 Å². The van der Waals surface area contributed by atoms with Gasteiger partial charge in [-0.3, -0.25) is 0 Å². The van der Waals surface area contributed by atoms with E-state index in [9.17, 15) is 0 Å². The molecule has 1 rings (SSSR count). The van der Waals surface area contributed by atoms with E-state index in [0.29, 0.717) is 0 Å². The third-order valence-corrected chi connectivity index (χ3v) is 3.35. The molecule has 0 saturated carbocycles. The summed E-state index contributed by atoms with van der Waals surface area (Å²) in [6.07, 6.45) is 8.30. The fourth-order valence-corrected chi connectivity index (χ4v) is 2.05. The highest BCUT2D eigenvalue weighted by Crippen LogP contribution is 2.03. The van der Waals surface area contributed by atoms with E-state index < -0.39 is 0 Å². The largest absolute Gasteiger partial charge is 0.381 e. The Balaban J connectivity index is 1.77. The molecule has 0 aliphatic rings. The molecule has 1 aromatic rings. The summed E-state index contributed by atoms with van der Waals surface area (Å²) < 4.78 is 11.2. The van der Waals surface area contributed by atoms with Crippen molar-refractivity contribution in [2.75, 3.05) is 26.4 Å². The monoisotopic (exact) mass is 278 g/mol. The van der Waals surface area contributed by atoms with Crippen molar-refractivity contribution in [2.24, 2.45) is 0 Å². The Labute approximate surface area is 124 Å². The number of rotatable bonds is 13. The Kier molecular flexibility index (Phi) is 11.3. The van der Waals surface area contributed by atoms with E-state index in [-0.39, 0.29) is 0 Å². The van der Waals surface area contributed by atoms with Crippen LogP contribution < -0.4 is 0 Å². The lowest BCUT2D eigenvalue weighted by Gasteiger charge is -2.05. The average molecular weight is 278 g/mol. The van der Waals surface area contributed by atoms with Crippen molar-refractivity contribution in [3.63, 3.8) is 0 Å². The zero-order chi connectivity index (χ0) is 14.3. The second-order valence-electron chi connectivity index (χ2n) is 5.23. The quantitative estimate of drug-likeness (QED) is 0.490. The molecule has 0 heterocycles. The lowest BCUT2D eigenvalue weighted by Crippen LogP contribution is -2.01. The smallest absolute Gasteiger partial charge is 0.0506 e. The first-order valence-corrected chi connectivity index (χ1v) is 8.13. The van der Waals surface area contributed by atoms with Gasteiger partial charge in [0.25, 0.3) is 0 Å². The predicted octanol–water partition coefficient (Wildman–Crippen LogP) is 4.62. The zero-order valence-corrected chi connectivity index (χ0v) is 13.0. The molecule has 0 N–H and O–H groups in total. The van der Waals surface area contributed by atoms with E-state index in [4.69, 9.17) is 9.47 Å². The van der Waals surface area contributed by atoms with Gasteiger partial charge in [-0.05, 0) is 31.2 Å². The molecule has 114 valence electrons. The maximum absolute atomic E-state index is 5.67. The summed E-state index contributed by atoms with van der Waals surface area (Å²) in [6, 6.07) is 10.5. The molecule has 0 saturated heterocycles. The van der Waals surface area contributed by atoms with Crippen molar-refractivity contribution in [3.8, 4) is 0 Å². The maximum Gasteiger partial charge on any atom is 0.0506 e. The molecule has 0 amide bonds. The molecule has 2 heteroatoms. The van der Waals surface area contributed by atoms with Crippen LogP contribution in [0.25, 0.3) is 0 Å². The van der Waals surface area contributed by atoms with Crippen LogP contribution in [0.3, 0.4) is 0 Å². The van der Waals surface area contributed by atoms with Gasteiger partial charge in [0, 0.05) is 19.8 Å². The van der Waals surface area contributed by atoms with Gasteiger partial charge >= 0.3 is 0 Å². The first kappa shape index (κ1) is 17.2. The van der Waals surface area contributed by atoms with Crippen LogP contribution in [-0.4, -0.2) is 26.4 Å². The molecule has 2 nitrogen and oxygen atoms in total. The SMILES string of the molecule is CCCCOCCCCCCOCCc1ccccc1. The highest BCUT2D eigenvalue weighted by molar-refractivity contribution is 5.14. The van der Waals surface area contributed by atoms with Crippen molar-refractivity contribution < 1.29 is 9.47 Å². The maximum atomic E-state index is 5.67. The van der Waals surface area contributed by atoms with Crippen LogP contribution in [-0.2, 0) is 15.9 Å². The van der Waals surface area contributed by atoms with Gasteiger partial charge in [-0.15, -0.1) is 0 Å². The van der Waals surface area contributed by atoms with E-state index >= 15 is 0 Å². The minimum Gasteiger partial charge on any atom is -0.381 e. The molecule has 0 unspecified atom stereocenters. The van der Waals surface area contributed by atoms with Crippen molar-refractivity contribution in [2.45, 2.75) is 51.9 Å². The molecule has 20 heavy (non-hydrogen) atoms. The summed E-state index contributed by atoms with van der Waals surface area (Å²) in [5.74, 6) is 0. The van der Waals surface area contributed by atoms with Gasteiger partial charge in [0.05, 0.1) is 6.61 Å². The van der Waals surface area contributed by atoms with E-state index in [1.54, 1.807) is 0 Å². The first-order valence-electron chi connectivity index (χ1n) is 8.13. The Hall–Kier alpha value is -0.860. The van der Waals surface area contributed by atoms with Gasteiger partial charge in [0.1, 0.15) is 0 Å². The van der Waals surface area contributed by atoms with Crippen molar-refractivity contribution in [1.29, 1.82) is 0 Å². The predicted molar refractivity (Wildman–Crippen MR) is 85.2 cm³/mol. The molecule has 0 aromatic heterocycles. The molecule has 0 fully saturated rings. The van der Waals surface area contributed by atoms with Crippen LogP contribution >= 0.6 is 0 Å². The van der Waals surface area contributed by atoms with Crippen LogP contribution in [0.4, 0.5) is 0 Å². The van der Waals surface area contributed by atoms with Gasteiger partial charge in [-0.25, -0.2) is 0 Å². The standard InChI is InChI=1S/C18H30O2/c1-2-3-14-19-15-9-4-5-10-16-20-17-13-18-11-7-6-8-12-18/h6-8,11-12H,2-5,9-10,13-17H2,1H3. The van der Waals surface area contributed by atoms with Crippen molar-refractivity contribution in [1.82, 2.24) is 0 Å². The summed E-state index contributed by atoms with van der Waals surface area (Å²) in [5.41, 5.74) is 1.36. The molecule has 0 spiro atoms. The van der Waals surface area contributed by atoms with E-state index in [1.165, 1.54) is 44.1 Å². The third kappa shape index (κ3) is 9.99. The van der Waals surface area contributed by atoms with Gasteiger partial charge in [-0.1, -0.05) is 56.5 Å². The third-order valence-electron chi connectivity index (χ3n) is 3.35. The molecule has 0 radical (unpaired) electrons. The first-order chi connectivity index (χ1) is 9.93. The zero-order valence-electron chi connectivity index (χ0n) is 13.0. The summed E-state index contributed by atoms with van der Waals surface area (Å²) in [5, 5.41) is 0. The van der Waals surface area contributed by atoms with Crippen molar-refractivity contribution in [3.05, 3.63) is 35.9 Å². The number of hydrogen-bond donors (Lipinski definition) is 0. The fraction of sp³-hybridized carbons (Fsp3) is 0.667. The number of ether oxygens (including phenoxy) is 2. The van der Waals surface area contributed by atoms with Crippen LogP contribution in [0.5, 0.6) is 0 Å². The second kappa shape index (κ2) is 13.1. The Bertz CT molecular complexity index is 298. The van der Waals surface area contributed by atoms with Gasteiger partial charge in [0.15, 0.2) is 0 Å². The molecule has 0 atom stereocenters. The lowest BCUT2D eigenvalue weighted by molar-refractivity contribution is 0.121. The Morgan fingerprint density at radius 3 is 1.95 bits per heavy atom. The highest BCUT2D eigenvalue weighted by atomic mass is 16.5. The minimum absolute atomic E-state index is 0.837. The molecule has 0 aliphatic heterocycles. The lowest BCUT2D eigenvalue weighted by atomic mass is 10.2. The summed E-state index contributed by atoms with van der Waals surface area (Å²) >= 11 is 0. The van der Waals surface area contributed by atoms with Gasteiger partial charge < -0.3 is 9.47 Å². The number of unbranched alkanes of at least 4 members (excludes halogenated alkanes) is 4. The molecular formula is C18H30O2. The highest BCUT2D eigenvalue weighted by Gasteiger charge is 1.94. The fourth-order valence-electron chi connectivity index (χ4n) is 2.05. The topological polar surface area (TPSA) is 18.5 Å². The minimum atomic E-state index is 0.837. The normalized spacial score (nSPS) is 10.8. The Morgan fingerprint density at radius 1 is 0.700 bits per heavy atom. The average Bonchev–Trinajstić information content (AvgIpc) is 2.49. The molecule has 0 bridgehead atoms. The summed E-state index contributed by atoms with van der Waals surface area (Å²) in [7, 11) is 0. The van der Waals surface area contributed by atoms with Gasteiger partial charge in [0.2, 0.25) is 0 Å².